The second-order valence-electron chi connectivity index (χ2n) is 6.68. The Labute approximate surface area is 138 Å². The summed E-state index contributed by atoms with van der Waals surface area (Å²) in [5.74, 6) is 0. The Bertz CT molecular complexity index is 217. The summed E-state index contributed by atoms with van der Waals surface area (Å²) in [6.45, 7) is 11.8. The van der Waals surface area contributed by atoms with Gasteiger partial charge in [0, 0.05) is 6.61 Å². The minimum Gasteiger partial charge on any atom is -0.417 e. The molecule has 0 rings (SSSR count). The Kier molecular flexibility index (Phi) is 11.9. The molecule has 0 atom stereocenters. The third-order valence-electron chi connectivity index (χ3n) is 4.51. The van der Waals surface area contributed by atoms with Crippen LogP contribution in [0.25, 0.3) is 0 Å². The highest BCUT2D eigenvalue weighted by Crippen LogP contribution is 2.23. The first-order valence-electron chi connectivity index (χ1n) is 8.72. The molecule has 0 radical (unpaired) electrons. The van der Waals surface area contributed by atoms with E-state index in [-0.39, 0.29) is 0 Å². The summed E-state index contributed by atoms with van der Waals surface area (Å²) in [5.41, 5.74) is 0. The van der Waals surface area contributed by atoms with E-state index in [2.05, 4.69) is 49.2 Å². The third kappa shape index (κ3) is 10.6. The fourth-order valence-electron chi connectivity index (χ4n) is 2.70. The molecule has 0 unspecified atom stereocenters. The molecule has 0 aromatic rings. The van der Waals surface area contributed by atoms with Crippen molar-refractivity contribution < 1.29 is 4.43 Å². The van der Waals surface area contributed by atoms with Crippen molar-refractivity contribution in [3.8, 4) is 0 Å². The van der Waals surface area contributed by atoms with E-state index >= 15 is 0 Å². The molecule has 0 aliphatic rings. The minimum atomic E-state index is -1.32. The number of hydrogen-bond acceptors (Lipinski definition) is 1. The van der Waals surface area contributed by atoms with E-state index in [1.165, 1.54) is 62.7 Å². The van der Waals surface area contributed by atoms with Gasteiger partial charge in [0.1, 0.15) is 6.69 Å². The molecule has 1 nitrogen and oxygen atoms in total. The molecule has 0 bridgehead atoms. The highest BCUT2D eigenvalue weighted by molar-refractivity contribution is 9.26. The van der Waals surface area contributed by atoms with Crippen LogP contribution in [0.15, 0.2) is 0 Å². The molecule has 122 valence electrons. The maximum absolute atomic E-state index is 6.29. The van der Waals surface area contributed by atoms with Gasteiger partial charge in [-0.2, -0.15) is 0 Å². The molecule has 0 aliphatic heterocycles. The van der Waals surface area contributed by atoms with Crippen molar-refractivity contribution in [2.24, 2.45) is 0 Å². The Morgan fingerprint density at radius 2 is 1.20 bits per heavy atom. The average molecular weight is 382 g/mol. The second kappa shape index (κ2) is 11.4. The fourth-order valence-corrected chi connectivity index (χ4v) is 7.32. The fraction of sp³-hybridized carbons (Fsp3) is 1.00. The first kappa shape index (κ1) is 20.9. The van der Waals surface area contributed by atoms with Gasteiger partial charge in [-0.25, -0.2) is 0 Å². The summed E-state index contributed by atoms with van der Waals surface area (Å²) in [5, 5.41) is 0. The van der Waals surface area contributed by atoms with Crippen molar-refractivity contribution in [1.82, 2.24) is 0 Å². The largest absolute Gasteiger partial charge is 0.417 e. The van der Waals surface area contributed by atoms with Crippen LogP contribution in [-0.2, 0) is 4.43 Å². The first-order valence-corrected chi connectivity index (χ1v) is 16.7. The monoisotopic (exact) mass is 380 g/mol. The topological polar surface area (TPSA) is 9.23 Å². The van der Waals surface area contributed by atoms with Crippen molar-refractivity contribution in [3.63, 3.8) is 0 Å². The zero-order chi connectivity index (χ0) is 15.5. The predicted molar refractivity (Wildman–Crippen MR) is 102 cm³/mol. The van der Waals surface area contributed by atoms with Gasteiger partial charge in [0.2, 0.25) is 0 Å². The third-order valence-corrected chi connectivity index (χ3v) is 11.9. The van der Waals surface area contributed by atoms with Crippen molar-refractivity contribution in [1.29, 1.82) is 0 Å². The summed E-state index contributed by atoms with van der Waals surface area (Å²) >= 11 is 3.85. The quantitative estimate of drug-likeness (QED) is 0.190. The molecule has 0 spiro atoms. The number of unbranched alkanes of at least 4 members (excludes halogenated alkanes) is 5. The van der Waals surface area contributed by atoms with Crippen LogP contribution in [0.4, 0.5) is 0 Å². The lowest BCUT2D eigenvalue weighted by atomic mass is 10.1. The SMILES string of the molecule is CC[Si](CC)(CC)OCCCCCCCC[Si](C)(C)Br. The molecule has 0 aromatic heterocycles. The Hall–Kier alpha value is 0.874. The molecule has 0 N–H and O–H groups in total. The predicted octanol–water partition coefficient (Wildman–Crippen LogP) is 6.95. The molecule has 0 aliphatic carbocycles. The molecule has 20 heavy (non-hydrogen) atoms. The van der Waals surface area contributed by atoms with Crippen LogP contribution in [-0.4, -0.2) is 21.6 Å². The smallest absolute Gasteiger partial charge is 0.191 e. The second-order valence-corrected chi connectivity index (χ2v) is 21.8. The Morgan fingerprint density at radius 1 is 0.750 bits per heavy atom. The summed E-state index contributed by atoms with van der Waals surface area (Å²) in [6, 6.07) is 5.28. The normalized spacial score (nSPS) is 12.9. The summed E-state index contributed by atoms with van der Waals surface area (Å²) in [6.07, 6.45) is 8.27. The zero-order valence-electron chi connectivity index (χ0n) is 14.6. The van der Waals surface area contributed by atoms with Crippen LogP contribution in [0.2, 0.25) is 37.3 Å². The van der Waals surface area contributed by atoms with Crippen LogP contribution >= 0.6 is 15.3 Å². The van der Waals surface area contributed by atoms with E-state index in [9.17, 15) is 0 Å². The van der Waals surface area contributed by atoms with Crippen LogP contribution in [0.5, 0.6) is 0 Å². The van der Waals surface area contributed by atoms with E-state index < -0.39 is 15.0 Å². The van der Waals surface area contributed by atoms with Crippen molar-refractivity contribution in [3.05, 3.63) is 0 Å². The minimum absolute atomic E-state index is 0.975. The number of halogens is 1. The van der Waals surface area contributed by atoms with Crippen molar-refractivity contribution in [2.75, 3.05) is 6.61 Å². The highest BCUT2D eigenvalue weighted by atomic mass is 79.9. The number of hydrogen-bond donors (Lipinski definition) is 0. The van der Waals surface area contributed by atoms with Crippen LogP contribution in [0.3, 0.4) is 0 Å². The summed E-state index contributed by atoms with van der Waals surface area (Å²) < 4.78 is 6.29. The average Bonchev–Trinajstić information content (AvgIpc) is 2.41. The van der Waals surface area contributed by atoms with Gasteiger partial charge in [-0.3, -0.25) is 0 Å². The van der Waals surface area contributed by atoms with Gasteiger partial charge in [-0.1, -0.05) is 66.0 Å². The van der Waals surface area contributed by atoms with E-state index in [1.807, 2.05) is 0 Å². The highest BCUT2D eigenvalue weighted by Gasteiger charge is 2.28. The van der Waals surface area contributed by atoms with Gasteiger partial charge >= 0.3 is 0 Å². The molecule has 0 heterocycles. The summed E-state index contributed by atoms with van der Waals surface area (Å²) in [7, 11) is -1.32. The van der Waals surface area contributed by atoms with Crippen molar-refractivity contribution >= 4 is 30.3 Å². The van der Waals surface area contributed by atoms with E-state index in [4.69, 9.17) is 4.43 Å². The maximum Gasteiger partial charge on any atom is 0.191 e. The summed E-state index contributed by atoms with van der Waals surface area (Å²) in [4.78, 5) is 0. The van der Waals surface area contributed by atoms with Gasteiger partial charge < -0.3 is 4.43 Å². The molecule has 0 amide bonds. The molecule has 4 heteroatoms. The lowest BCUT2D eigenvalue weighted by Gasteiger charge is -2.27. The molecule has 0 aromatic carbocycles. The van der Waals surface area contributed by atoms with Gasteiger partial charge in [0.05, 0.1) is 0 Å². The lowest BCUT2D eigenvalue weighted by Crippen LogP contribution is -2.36. The molecule has 0 saturated heterocycles. The molecular formula is C16H37BrOSi2. The molecule has 0 fully saturated rings. The van der Waals surface area contributed by atoms with Crippen LogP contribution in [0.1, 0.15) is 59.3 Å². The molecule has 0 saturated carbocycles. The van der Waals surface area contributed by atoms with Gasteiger partial charge in [-0.15, -0.1) is 15.3 Å². The number of rotatable bonds is 13. The van der Waals surface area contributed by atoms with Crippen LogP contribution < -0.4 is 0 Å². The first-order chi connectivity index (χ1) is 9.39. The van der Waals surface area contributed by atoms with E-state index in [0.29, 0.717) is 0 Å². The van der Waals surface area contributed by atoms with Crippen molar-refractivity contribution in [2.45, 2.75) is 96.6 Å². The van der Waals surface area contributed by atoms with Gasteiger partial charge in [-0.05, 0) is 30.6 Å². The molecular weight excluding hydrogens is 344 g/mol. The van der Waals surface area contributed by atoms with E-state index in [1.54, 1.807) is 0 Å². The zero-order valence-corrected chi connectivity index (χ0v) is 18.2. The van der Waals surface area contributed by atoms with Crippen LogP contribution in [0, 0.1) is 0 Å². The lowest BCUT2D eigenvalue weighted by molar-refractivity contribution is 0.287. The maximum atomic E-state index is 6.29. The van der Waals surface area contributed by atoms with E-state index in [0.717, 1.165) is 6.61 Å². The standard InChI is InChI=1S/C16H37BrOSi2/c1-6-20(7-2,8-3)18-15-13-11-9-10-12-14-16-19(4,5)17/h6-16H2,1-5H3. The van der Waals surface area contributed by atoms with Gasteiger partial charge in [0.15, 0.2) is 8.32 Å². The van der Waals surface area contributed by atoms with Gasteiger partial charge in [0.25, 0.3) is 0 Å². The Morgan fingerprint density at radius 3 is 1.65 bits per heavy atom. The Balaban J connectivity index is 3.45.